The summed E-state index contributed by atoms with van der Waals surface area (Å²) in [5.74, 6) is -0.792. The summed E-state index contributed by atoms with van der Waals surface area (Å²) in [6.07, 6.45) is 4.38. The number of carbonyl (C=O) groups is 3. The Kier molecular flexibility index (Phi) is 8.18. The quantitative estimate of drug-likeness (QED) is 0.308. The van der Waals surface area contributed by atoms with Crippen molar-refractivity contribution in [3.63, 3.8) is 0 Å². The Labute approximate surface area is 218 Å². The molecule has 1 aromatic heterocycles. The standard InChI is InChI=1S/C26H24Cl2N4O4/c1-36-23-14-18(6-7-19(23)26(35)31-11-2-3-12-31)32(16-17-5-8-20(27)21(28)13-17)24(34)15-22(33)25-29-9-4-10-30-25/h4-10,13-14H,2-3,11-12,15-16H2,1H3. The maximum Gasteiger partial charge on any atom is 0.257 e. The second-order valence-corrected chi connectivity index (χ2v) is 9.10. The molecule has 2 heterocycles. The average molecular weight is 527 g/mol. The summed E-state index contributed by atoms with van der Waals surface area (Å²) >= 11 is 12.2. The fraction of sp³-hybridized carbons (Fsp3) is 0.269. The molecule has 10 heteroatoms. The van der Waals surface area contributed by atoms with E-state index >= 15 is 0 Å². The minimum absolute atomic E-state index is 0.0375. The highest BCUT2D eigenvalue weighted by Gasteiger charge is 2.26. The third-order valence-corrected chi connectivity index (χ3v) is 6.61. The van der Waals surface area contributed by atoms with Gasteiger partial charge in [0.25, 0.3) is 5.91 Å². The number of likely N-dealkylation sites (tertiary alicyclic amines) is 1. The van der Waals surface area contributed by atoms with Crippen LogP contribution in [0.4, 0.5) is 5.69 Å². The fourth-order valence-electron chi connectivity index (χ4n) is 4.01. The van der Waals surface area contributed by atoms with Gasteiger partial charge in [-0.3, -0.25) is 14.4 Å². The number of carbonyl (C=O) groups excluding carboxylic acids is 3. The number of rotatable bonds is 8. The van der Waals surface area contributed by atoms with Crippen molar-refractivity contribution in [1.82, 2.24) is 14.9 Å². The molecule has 0 saturated carbocycles. The Bertz CT molecular complexity index is 1280. The number of anilines is 1. The van der Waals surface area contributed by atoms with E-state index in [0.717, 1.165) is 12.8 Å². The van der Waals surface area contributed by atoms with Crippen LogP contribution < -0.4 is 9.64 Å². The molecule has 2 aromatic carbocycles. The van der Waals surface area contributed by atoms with Crippen molar-refractivity contribution >= 4 is 46.5 Å². The first-order chi connectivity index (χ1) is 17.4. The molecule has 1 aliphatic rings. The van der Waals surface area contributed by atoms with E-state index in [-0.39, 0.29) is 18.3 Å². The van der Waals surface area contributed by atoms with E-state index in [0.29, 0.717) is 45.7 Å². The summed E-state index contributed by atoms with van der Waals surface area (Å²) in [4.78, 5) is 50.1. The lowest BCUT2D eigenvalue weighted by Gasteiger charge is -2.25. The normalized spacial score (nSPS) is 12.9. The SMILES string of the molecule is COc1cc(N(Cc2ccc(Cl)c(Cl)c2)C(=O)CC(=O)c2ncccn2)ccc1C(=O)N1CCCC1. The molecular formula is C26H24Cl2N4O4. The van der Waals surface area contributed by atoms with Crippen LogP contribution in [-0.4, -0.2) is 52.7 Å². The molecule has 0 aliphatic carbocycles. The van der Waals surface area contributed by atoms with Gasteiger partial charge in [0, 0.05) is 37.2 Å². The van der Waals surface area contributed by atoms with Crippen molar-refractivity contribution in [3.8, 4) is 5.75 Å². The number of halogens is 2. The summed E-state index contributed by atoms with van der Waals surface area (Å²) in [6.45, 7) is 1.52. The molecule has 36 heavy (non-hydrogen) atoms. The Balaban J connectivity index is 1.66. The third kappa shape index (κ3) is 5.83. The second-order valence-electron chi connectivity index (χ2n) is 8.28. The van der Waals surface area contributed by atoms with Crippen molar-refractivity contribution in [2.75, 3.05) is 25.1 Å². The highest BCUT2D eigenvalue weighted by molar-refractivity contribution is 6.42. The number of aromatic nitrogens is 2. The predicted octanol–water partition coefficient (Wildman–Crippen LogP) is 4.83. The van der Waals surface area contributed by atoms with Crippen LogP contribution in [0.2, 0.25) is 10.0 Å². The Hall–Kier alpha value is -3.49. The minimum Gasteiger partial charge on any atom is -0.496 e. The van der Waals surface area contributed by atoms with E-state index in [1.54, 1.807) is 47.4 Å². The molecule has 0 spiro atoms. The van der Waals surface area contributed by atoms with Gasteiger partial charge in [-0.25, -0.2) is 9.97 Å². The van der Waals surface area contributed by atoms with Crippen LogP contribution in [0.5, 0.6) is 5.75 Å². The van der Waals surface area contributed by atoms with E-state index in [1.807, 2.05) is 0 Å². The maximum atomic E-state index is 13.4. The van der Waals surface area contributed by atoms with Gasteiger partial charge in [0.2, 0.25) is 11.7 Å². The first-order valence-corrected chi connectivity index (χ1v) is 12.1. The summed E-state index contributed by atoms with van der Waals surface area (Å²) in [6, 6.07) is 11.6. The van der Waals surface area contributed by atoms with Crippen LogP contribution in [0.15, 0.2) is 54.9 Å². The van der Waals surface area contributed by atoms with E-state index in [1.165, 1.54) is 24.4 Å². The zero-order valence-corrected chi connectivity index (χ0v) is 21.1. The van der Waals surface area contributed by atoms with Crippen LogP contribution in [0, 0.1) is 0 Å². The summed E-state index contributed by atoms with van der Waals surface area (Å²) in [5.41, 5.74) is 1.58. The molecule has 0 radical (unpaired) electrons. The lowest BCUT2D eigenvalue weighted by molar-refractivity contribution is -0.117. The van der Waals surface area contributed by atoms with Crippen LogP contribution in [0.1, 0.15) is 45.8 Å². The molecule has 0 atom stereocenters. The number of nitrogens with zero attached hydrogens (tertiary/aromatic N) is 4. The second kappa shape index (κ2) is 11.5. The van der Waals surface area contributed by atoms with Crippen LogP contribution >= 0.6 is 23.2 Å². The molecule has 0 bridgehead atoms. The highest BCUT2D eigenvalue weighted by Crippen LogP contribution is 2.30. The van der Waals surface area contributed by atoms with E-state index in [4.69, 9.17) is 27.9 Å². The number of amides is 2. The van der Waals surface area contributed by atoms with Gasteiger partial charge in [-0.2, -0.15) is 0 Å². The number of ketones is 1. The molecule has 1 aliphatic heterocycles. The fourth-order valence-corrected chi connectivity index (χ4v) is 4.33. The molecule has 8 nitrogen and oxygen atoms in total. The smallest absolute Gasteiger partial charge is 0.257 e. The van der Waals surface area contributed by atoms with Crippen molar-refractivity contribution in [1.29, 1.82) is 0 Å². The number of hydrogen-bond donors (Lipinski definition) is 0. The van der Waals surface area contributed by atoms with Gasteiger partial charge in [-0.05, 0) is 48.7 Å². The Morgan fingerprint density at radius 1 is 1.00 bits per heavy atom. The first-order valence-electron chi connectivity index (χ1n) is 11.4. The molecule has 3 aromatic rings. The Morgan fingerprint density at radius 3 is 2.39 bits per heavy atom. The van der Waals surface area contributed by atoms with Crippen molar-refractivity contribution in [2.24, 2.45) is 0 Å². The largest absolute Gasteiger partial charge is 0.496 e. The van der Waals surface area contributed by atoms with Crippen molar-refractivity contribution < 1.29 is 19.1 Å². The average Bonchev–Trinajstić information content (AvgIpc) is 3.44. The third-order valence-electron chi connectivity index (χ3n) is 5.87. The molecule has 0 N–H and O–H groups in total. The minimum atomic E-state index is -0.507. The summed E-state index contributed by atoms with van der Waals surface area (Å²) < 4.78 is 5.52. The van der Waals surface area contributed by atoms with E-state index < -0.39 is 18.1 Å². The van der Waals surface area contributed by atoms with Crippen LogP contribution in [0.25, 0.3) is 0 Å². The number of Topliss-reactive ketones (excluding diaryl/α,β-unsaturated/α-hetero) is 1. The number of benzene rings is 2. The Morgan fingerprint density at radius 2 is 1.72 bits per heavy atom. The van der Waals surface area contributed by atoms with E-state index in [9.17, 15) is 14.4 Å². The number of methoxy groups -OCH3 is 1. The van der Waals surface area contributed by atoms with Gasteiger partial charge in [0.05, 0.1) is 35.7 Å². The summed E-state index contributed by atoms with van der Waals surface area (Å²) in [5, 5.41) is 0.737. The first kappa shape index (κ1) is 25.6. The monoisotopic (exact) mass is 526 g/mol. The highest BCUT2D eigenvalue weighted by atomic mass is 35.5. The molecular weight excluding hydrogens is 503 g/mol. The van der Waals surface area contributed by atoms with Crippen LogP contribution in [-0.2, 0) is 11.3 Å². The van der Waals surface area contributed by atoms with Gasteiger partial charge in [0.15, 0.2) is 5.82 Å². The van der Waals surface area contributed by atoms with E-state index in [2.05, 4.69) is 9.97 Å². The molecule has 1 fully saturated rings. The lowest BCUT2D eigenvalue weighted by atomic mass is 10.1. The molecule has 4 rings (SSSR count). The van der Waals surface area contributed by atoms with Crippen molar-refractivity contribution in [3.05, 3.63) is 81.9 Å². The predicted molar refractivity (Wildman–Crippen MR) is 137 cm³/mol. The number of hydrogen-bond acceptors (Lipinski definition) is 6. The van der Waals surface area contributed by atoms with Crippen LogP contribution in [0.3, 0.4) is 0 Å². The van der Waals surface area contributed by atoms with Gasteiger partial charge >= 0.3 is 0 Å². The van der Waals surface area contributed by atoms with Crippen molar-refractivity contribution in [2.45, 2.75) is 25.8 Å². The topological polar surface area (TPSA) is 92.7 Å². The molecule has 2 amide bonds. The lowest BCUT2D eigenvalue weighted by Crippen LogP contribution is -2.32. The van der Waals surface area contributed by atoms with Gasteiger partial charge < -0.3 is 14.5 Å². The maximum absolute atomic E-state index is 13.4. The zero-order chi connectivity index (χ0) is 25.7. The van der Waals surface area contributed by atoms with Gasteiger partial charge in [-0.1, -0.05) is 29.3 Å². The van der Waals surface area contributed by atoms with Gasteiger partial charge in [0.1, 0.15) is 5.75 Å². The number of ether oxygens (including phenoxy) is 1. The molecule has 0 unspecified atom stereocenters. The molecule has 186 valence electrons. The molecule has 1 saturated heterocycles. The zero-order valence-electron chi connectivity index (χ0n) is 19.6. The van der Waals surface area contributed by atoms with Gasteiger partial charge in [-0.15, -0.1) is 0 Å². The summed E-state index contributed by atoms with van der Waals surface area (Å²) in [7, 11) is 1.47.